The molecule has 1 heterocycles. The van der Waals surface area contributed by atoms with Gasteiger partial charge in [-0.25, -0.2) is 0 Å². The fourth-order valence-corrected chi connectivity index (χ4v) is 4.35. The molecule has 3 aromatic carbocycles. The Morgan fingerprint density at radius 3 is 2.47 bits per heavy atom. The van der Waals surface area contributed by atoms with E-state index < -0.39 is 11.9 Å². The Hall–Kier alpha value is -4.24. The number of anilines is 1. The van der Waals surface area contributed by atoms with Crippen LogP contribution < -0.4 is 14.9 Å². The van der Waals surface area contributed by atoms with Crippen LogP contribution in [0.4, 0.5) is 5.69 Å². The fourth-order valence-electron chi connectivity index (χ4n) is 3.28. The maximum absolute atomic E-state index is 13.2. The SMILES string of the molecule is COC(=O)Cn1c(=NC(=O)c2ccccc2Oc2ccccc2)sc2cc(NC(C)=O)ccc21. The van der Waals surface area contributed by atoms with Crippen LogP contribution in [0.5, 0.6) is 11.5 Å². The lowest BCUT2D eigenvalue weighted by Gasteiger charge is -2.08. The van der Waals surface area contributed by atoms with Crippen LogP contribution in [0, 0.1) is 0 Å². The van der Waals surface area contributed by atoms with Gasteiger partial charge in [0.1, 0.15) is 18.0 Å². The number of para-hydroxylation sites is 2. The zero-order chi connectivity index (χ0) is 24.1. The van der Waals surface area contributed by atoms with Crippen molar-refractivity contribution >= 4 is 45.0 Å². The molecule has 0 spiro atoms. The van der Waals surface area contributed by atoms with E-state index in [1.54, 1.807) is 59.2 Å². The van der Waals surface area contributed by atoms with Crippen LogP contribution in [0.25, 0.3) is 10.2 Å². The smallest absolute Gasteiger partial charge is 0.325 e. The lowest BCUT2D eigenvalue weighted by molar-refractivity contribution is -0.141. The Bertz CT molecular complexity index is 1440. The van der Waals surface area contributed by atoms with Gasteiger partial charge in [0.2, 0.25) is 5.91 Å². The van der Waals surface area contributed by atoms with Gasteiger partial charge in [-0.15, -0.1) is 0 Å². The van der Waals surface area contributed by atoms with Crippen molar-refractivity contribution in [1.29, 1.82) is 0 Å². The lowest BCUT2D eigenvalue weighted by atomic mass is 10.2. The molecule has 9 heteroatoms. The molecule has 1 aromatic heterocycles. The van der Waals surface area contributed by atoms with E-state index >= 15 is 0 Å². The van der Waals surface area contributed by atoms with Crippen molar-refractivity contribution in [3.8, 4) is 11.5 Å². The van der Waals surface area contributed by atoms with Crippen molar-refractivity contribution in [2.45, 2.75) is 13.5 Å². The zero-order valence-electron chi connectivity index (χ0n) is 18.5. The number of fused-ring (bicyclic) bond motifs is 1. The minimum Gasteiger partial charge on any atom is -0.468 e. The van der Waals surface area contributed by atoms with Crippen molar-refractivity contribution in [1.82, 2.24) is 4.57 Å². The number of rotatable bonds is 6. The molecule has 0 radical (unpaired) electrons. The number of thiazole rings is 1. The van der Waals surface area contributed by atoms with Crippen LogP contribution in [-0.2, 0) is 20.9 Å². The third kappa shape index (κ3) is 5.21. The Balaban J connectivity index is 1.78. The number of hydrogen-bond donors (Lipinski definition) is 1. The third-order valence-corrected chi connectivity index (χ3v) is 5.84. The summed E-state index contributed by atoms with van der Waals surface area (Å²) in [4.78, 5) is 41.3. The van der Waals surface area contributed by atoms with E-state index in [1.807, 2.05) is 18.2 Å². The van der Waals surface area contributed by atoms with Gasteiger partial charge in [0.05, 0.1) is 22.9 Å². The molecule has 0 aliphatic rings. The summed E-state index contributed by atoms with van der Waals surface area (Å²) in [6.45, 7) is 1.30. The first kappa shape index (κ1) is 22.9. The molecule has 0 aliphatic carbocycles. The molecule has 0 bridgehead atoms. The number of nitrogens with zero attached hydrogens (tertiary/aromatic N) is 2. The van der Waals surface area contributed by atoms with Gasteiger partial charge in [0.25, 0.3) is 5.91 Å². The summed E-state index contributed by atoms with van der Waals surface area (Å²) >= 11 is 1.23. The second-order valence-corrected chi connectivity index (χ2v) is 8.25. The van der Waals surface area contributed by atoms with E-state index in [9.17, 15) is 14.4 Å². The first-order chi connectivity index (χ1) is 16.4. The standard InChI is InChI=1S/C25H21N3O5S/c1-16(29)26-17-12-13-20-22(14-17)34-25(28(20)15-23(30)32-2)27-24(31)19-10-6-7-11-21(19)33-18-8-4-3-5-9-18/h3-14H,15H2,1-2H3,(H,26,29). The average Bonchev–Trinajstić information content (AvgIpc) is 3.15. The summed E-state index contributed by atoms with van der Waals surface area (Å²) in [6.07, 6.45) is 0. The normalized spacial score (nSPS) is 11.3. The molecule has 0 fully saturated rings. The Morgan fingerprint density at radius 1 is 1.00 bits per heavy atom. The molecule has 0 unspecified atom stereocenters. The van der Waals surface area contributed by atoms with Gasteiger partial charge in [-0.2, -0.15) is 4.99 Å². The van der Waals surface area contributed by atoms with E-state index in [1.165, 1.54) is 25.4 Å². The summed E-state index contributed by atoms with van der Waals surface area (Å²) in [6, 6.07) is 21.2. The molecular weight excluding hydrogens is 454 g/mol. The van der Waals surface area contributed by atoms with E-state index in [2.05, 4.69) is 10.3 Å². The maximum Gasteiger partial charge on any atom is 0.325 e. The third-order valence-electron chi connectivity index (χ3n) is 4.80. The van der Waals surface area contributed by atoms with Gasteiger partial charge in [-0.05, 0) is 42.5 Å². The molecule has 8 nitrogen and oxygen atoms in total. The van der Waals surface area contributed by atoms with Gasteiger partial charge in [-0.3, -0.25) is 14.4 Å². The molecule has 0 saturated heterocycles. The Kier molecular flexibility index (Phi) is 6.84. The number of carbonyl (C=O) groups is 3. The van der Waals surface area contributed by atoms with E-state index in [4.69, 9.17) is 9.47 Å². The van der Waals surface area contributed by atoms with Gasteiger partial charge < -0.3 is 19.4 Å². The van der Waals surface area contributed by atoms with Crippen LogP contribution in [-0.4, -0.2) is 29.5 Å². The van der Waals surface area contributed by atoms with Crippen LogP contribution in [0.1, 0.15) is 17.3 Å². The molecule has 172 valence electrons. The first-order valence-electron chi connectivity index (χ1n) is 10.3. The summed E-state index contributed by atoms with van der Waals surface area (Å²) < 4.78 is 13.1. The predicted octanol–water partition coefficient (Wildman–Crippen LogP) is 4.37. The highest BCUT2D eigenvalue weighted by atomic mass is 32.1. The minimum absolute atomic E-state index is 0.121. The highest BCUT2D eigenvalue weighted by molar-refractivity contribution is 7.16. The molecule has 34 heavy (non-hydrogen) atoms. The number of hydrogen-bond acceptors (Lipinski definition) is 6. The quantitative estimate of drug-likeness (QED) is 0.418. The van der Waals surface area contributed by atoms with Crippen molar-refractivity contribution in [3.05, 3.63) is 83.2 Å². The topological polar surface area (TPSA) is 99.0 Å². The Labute approximate surface area is 199 Å². The van der Waals surface area contributed by atoms with Gasteiger partial charge in [0, 0.05) is 12.6 Å². The van der Waals surface area contributed by atoms with Gasteiger partial charge in [0.15, 0.2) is 4.80 Å². The van der Waals surface area contributed by atoms with Crippen LogP contribution in [0.15, 0.2) is 77.8 Å². The molecule has 0 atom stereocenters. The van der Waals surface area contributed by atoms with Gasteiger partial charge in [-0.1, -0.05) is 41.7 Å². The summed E-state index contributed by atoms with van der Waals surface area (Å²) in [5.41, 5.74) is 1.57. The highest BCUT2D eigenvalue weighted by Crippen LogP contribution is 2.26. The predicted molar refractivity (Wildman–Crippen MR) is 129 cm³/mol. The van der Waals surface area contributed by atoms with Gasteiger partial charge >= 0.3 is 5.97 Å². The van der Waals surface area contributed by atoms with Crippen molar-refractivity contribution in [2.24, 2.45) is 4.99 Å². The van der Waals surface area contributed by atoms with E-state index in [0.717, 1.165) is 4.70 Å². The molecular formula is C25H21N3O5S. The highest BCUT2D eigenvalue weighted by Gasteiger charge is 2.16. The number of nitrogens with one attached hydrogen (secondary N) is 1. The molecule has 4 aromatic rings. The molecule has 0 saturated carbocycles. The van der Waals surface area contributed by atoms with E-state index in [-0.39, 0.29) is 18.0 Å². The summed E-state index contributed by atoms with van der Waals surface area (Å²) in [5.74, 6) is -0.230. The van der Waals surface area contributed by atoms with Crippen LogP contribution >= 0.6 is 11.3 Å². The monoisotopic (exact) mass is 475 g/mol. The number of ether oxygens (including phenoxy) is 2. The number of methoxy groups -OCH3 is 1. The lowest BCUT2D eigenvalue weighted by Crippen LogP contribution is -2.22. The van der Waals surface area contributed by atoms with Crippen molar-refractivity contribution < 1.29 is 23.9 Å². The molecule has 1 N–H and O–H groups in total. The number of aromatic nitrogens is 1. The largest absolute Gasteiger partial charge is 0.468 e. The number of carbonyl (C=O) groups excluding carboxylic acids is 3. The van der Waals surface area contributed by atoms with Crippen molar-refractivity contribution in [2.75, 3.05) is 12.4 Å². The second kappa shape index (κ2) is 10.1. The molecule has 2 amide bonds. The van der Waals surface area contributed by atoms with Crippen molar-refractivity contribution in [3.63, 3.8) is 0 Å². The molecule has 4 rings (SSSR count). The number of esters is 1. The second-order valence-electron chi connectivity index (χ2n) is 7.24. The number of amides is 2. The average molecular weight is 476 g/mol. The first-order valence-corrected chi connectivity index (χ1v) is 11.1. The number of benzene rings is 3. The fraction of sp³-hybridized carbons (Fsp3) is 0.120. The zero-order valence-corrected chi connectivity index (χ0v) is 19.3. The van der Waals surface area contributed by atoms with Crippen LogP contribution in [0.3, 0.4) is 0 Å². The summed E-state index contributed by atoms with van der Waals surface area (Å²) in [7, 11) is 1.30. The van der Waals surface area contributed by atoms with Crippen LogP contribution in [0.2, 0.25) is 0 Å². The maximum atomic E-state index is 13.2. The Morgan fingerprint density at radius 2 is 1.74 bits per heavy atom. The van der Waals surface area contributed by atoms with E-state index in [0.29, 0.717) is 27.5 Å². The minimum atomic E-state index is -0.515. The molecule has 0 aliphatic heterocycles. The summed E-state index contributed by atoms with van der Waals surface area (Å²) in [5, 5.41) is 2.73.